The Bertz CT molecular complexity index is 761. The number of methoxy groups -OCH3 is 3. The molecule has 0 aromatic heterocycles. The first kappa shape index (κ1) is 21.6. The van der Waals surface area contributed by atoms with Crippen molar-refractivity contribution in [3.63, 3.8) is 0 Å². The van der Waals surface area contributed by atoms with Crippen LogP contribution in [0.4, 0.5) is 0 Å². The Hall–Kier alpha value is -2.69. The van der Waals surface area contributed by atoms with E-state index in [9.17, 15) is 4.79 Å². The van der Waals surface area contributed by atoms with E-state index in [1.165, 1.54) is 5.56 Å². The number of carbonyl (C=O) groups is 1. The van der Waals surface area contributed by atoms with Gasteiger partial charge in [-0.25, -0.2) is 0 Å². The summed E-state index contributed by atoms with van der Waals surface area (Å²) in [5.41, 5.74) is 2.04. The van der Waals surface area contributed by atoms with Gasteiger partial charge in [-0.05, 0) is 42.0 Å². The lowest BCUT2D eigenvalue weighted by molar-refractivity contribution is -0.121. The van der Waals surface area contributed by atoms with E-state index in [0.717, 1.165) is 12.0 Å². The number of amides is 1. The molecule has 0 saturated heterocycles. The maximum atomic E-state index is 12.6. The van der Waals surface area contributed by atoms with E-state index >= 15 is 0 Å². The molecule has 5 nitrogen and oxygen atoms in total. The standard InChI is InChI=1S/C23H31NO4/c1-16(15-23(2,3)18-10-8-7-9-11-18)24-21(25)14-17-12-19(26-4)22(28-6)20(13-17)27-5/h7-13,16H,14-15H2,1-6H3,(H,24,25). The minimum Gasteiger partial charge on any atom is -0.493 e. The van der Waals surface area contributed by atoms with E-state index in [1.54, 1.807) is 33.5 Å². The van der Waals surface area contributed by atoms with Gasteiger partial charge in [0.1, 0.15) is 0 Å². The molecule has 2 rings (SSSR count). The number of nitrogens with one attached hydrogen (secondary N) is 1. The van der Waals surface area contributed by atoms with Crippen LogP contribution in [0.15, 0.2) is 42.5 Å². The Balaban J connectivity index is 2.03. The van der Waals surface area contributed by atoms with Gasteiger partial charge in [-0.3, -0.25) is 4.79 Å². The largest absolute Gasteiger partial charge is 0.493 e. The van der Waals surface area contributed by atoms with Crippen LogP contribution in [0.1, 0.15) is 38.3 Å². The fourth-order valence-electron chi connectivity index (χ4n) is 3.57. The summed E-state index contributed by atoms with van der Waals surface area (Å²) in [7, 11) is 4.69. The Morgan fingerprint density at radius 3 is 2.07 bits per heavy atom. The lowest BCUT2D eigenvalue weighted by Gasteiger charge is -2.29. The topological polar surface area (TPSA) is 56.8 Å². The number of carbonyl (C=O) groups excluding carboxylic acids is 1. The van der Waals surface area contributed by atoms with Gasteiger partial charge in [-0.15, -0.1) is 0 Å². The van der Waals surface area contributed by atoms with E-state index in [1.807, 2.05) is 25.1 Å². The average molecular weight is 386 g/mol. The van der Waals surface area contributed by atoms with Crippen LogP contribution in [0.2, 0.25) is 0 Å². The molecule has 0 spiro atoms. The van der Waals surface area contributed by atoms with Crippen molar-refractivity contribution in [2.75, 3.05) is 21.3 Å². The molecule has 1 unspecified atom stereocenters. The highest BCUT2D eigenvalue weighted by molar-refractivity contribution is 5.79. The first-order valence-corrected chi connectivity index (χ1v) is 9.44. The van der Waals surface area contributed by atoms with Crippen molar-refractivity contribution >= 4 is 5.91 Å². The number of hydrogen-bond acceptors (Lipinski definition) is 4. The third-order valence-electron chi connectivity index (χ3n) is 4.87. The second kappa shape index (κ2) is 9.49. The Morgan fingerprint density at radius 1 is 1.00 bits per heavy atom. The van der Waals surface area contributed by atoms with Gasteiger partial charge in [0.2, 0.25) is 11.7 Å². The van der Waals surface area contributed by atoms with E-state index < -0.39 is 0 Å². The summed E-state index contributed by atoms with van der Waals surface area (Å²) in [6.45, 7) is 6.44. The number of ether oxygens (including phenoxy) is 3. The van der Waals surface area contributed by atoms with Gasteiger partial charge in [-0.1, -0.05) is 44.2 Å². The van der Waals surface area contributed by atoms with E-state index in [-0.39, 0.29) is 23.8 Å². The minimum atomic E-state index is -0.0364. The molecule has 0 saturated carbocycles. The molecule has 152 valence electrons. The fraction of sp³-hybridized carbons (Fsp3) is 0.435. The number of benzene rings is 2. The molecule has 2 aromatic carbocycles. The molecule has 0 aliphatic heterocycles. The highest BCUT2D eigenvalue weighted by atomic mass is 16.5. The lowest BCUT2D eigenvalue weighted by Crippen LogP contribution is -2.38. The molecule has 1 amide bonds. The minimum absolute atomic E-state index is 0.0273. The van der Waals surface area contributed by atoms with E-state index in [0.29, 0.717) is 17.2 Å². The van der Waals surface area contributed by atoms with Gasteiger partial charge in [0.05, 0.1) is 27.8 Å². The molecule has 0 aliphatic carbocycles. The van der Waals surface area contributed by atoms with Crippen LogP contribution in [0.25, 0.3) is 0 Å². The Kier molecular flexibility index (Phi) is 7.32. The zero-order valence-corrected chi connectivity index (χ0v) is 17.7. The van der Waals surface area contributed by atoms with Gasteiger partial charge in [-0.2, -0.15) is 0 Å². The normalized spacial score (nSPS) is 12.2. The van der Waals surface area contributed by atoms with Crippen molar-refractivity contribution in [3.8, 4) is 17.2 Å². The smallest absolute Gasteiger partial charge is 0.224 e. The molecule has 2 aromatic rings. The van der Waals surface area contributed by atoms with Crippen LogP contribution < -0.4 is 19.5 Å². The fourth-order valence-corrected chi connectivity index (χ4v) is 3.57. The summed E-state index contributed by atoms with van der Waals surface area (Å²) in [6, 6.07) is 14.0. The molecule has 0 heterocycles. The maximum Gasteiger partial charge on any atom is 0.224 e. The molecular weight excluding hydrogens is 354 g/mol. The van der Waals surface area contributed by atoms with Crippen LogP contribution in [-0.2, 0) is 16.6 Å². The third kappa shape index (κ3) is 5.41. The SMILES string of the molecule is COc1cc(CC(=O)NC(C)CC(C)(C)c2ccccc2)cc(OC)c1OC. The van der Waals surface area contributed by atoms with Crippen molar-refractivity contribution in [3.05, 3.63) is 53.6 Å². The second-order valence-electron chi connectivity index (χ2n) is 7.63. The maximum absolute atomic E-state index is 12.6. The predicted molar refractivity (Wildman–Crippen MR) is 111 cm³/mol. The quantitative estimate of drug-likeness (QED) is 0.705. The number of hydrogen-bond donors (Lipinski definition) is 1. The molecule has 28 heavy (non-hydrogen) atoms. The Labute approximate surface area is 168 Å². The van der Waals surface area contributed by atoms with Gasteiger partial charge in [0, 0.05) is 6.04 Å². The molecule has 1 atom stereocenters. The summed E-state index contributed by atoms with van der Waals surface area (Å²) in [4.78, 5) is 12.6. The summed E-state index contributed by atoms with van der Waals surface area (Å²) in [6.07, 6.45) is 1.09. The first-order valence-electron chi connectivity index (χ1n) is 9.44. The number of rotatable bonds is 9. The van der Waals surface area contributed by atoms with Crippen molar-refractivity contribution in [2.45, 2.75) is 45.1 Å². The summed E-state index contributed by atoms with van der Waals surface area (Å²) >= 11 is 0. The van der Waals surface area contributed by atoms with Gasteiger partial charge in [0.25, 0.3) is 0 Å². The molecule has 0 radical (unpaired) electrons. The molecule has 0 fully saturated rings. The van der Waals surface area contributed by atoms with Gasteiger partial charge >= 0.3 is 0 Å². The monoisotopic (exact) mass is 385 g/mol. The molecule has 0 aliphatic rings. The third-order valence-corrected chi connectivity index (χ3v) is 4.87. The van der Waals surface area contributed by atoms with Crippen LogP contribution in [0.5, 0.6) is 17.2 Å². The molecule has 0 bridgehead atoms. The van der Waals surface area contributed by atoms with Crippen molar-refractivity contribution in [2.24, 2.45) is 0 Å². The predicted octanol–water partition coefficient (Wildman–Crippen LogP) is 4.13. The highest BCUT2D eigenvalue weighted by Gasteiger charge is 2.24. The van der Waals surface area contributed by atoms with Gasteiger partial charge < -0.3 is 19.5 Å². The van der Waals surface area contributed by atoms with E-state index in [2.05, 4.69) is 31.3 Å². The van der Waals surface area contributed by atoms with Crippen LogP contribution >= 0.6 is 0 Å². The van der Waals surface area contributed by atoms with Crippen molar-refractivity contribution in [1.82, 2.24) is 5.32 Å². The summed E-state index contributed by atoms with van der Waals surface area (Å²) in [5.74, 6) is 1.57. The molecular formula is C23H31NO4. The van der Waals surface area contributed by atoms with Crippen LogP contribution in [-0.4, -0.2) is 33.3 Å². The van der Waals surface area contributed by atoms with Crippen LogP contribution in [0, 0.1) is 0 Å². The summed E-state index contributed by atoms with van der Waals surface area (Å²) in [5, 5.41) is 3.11. The van der Waals surface area contributed by atoms with E-state index in [4.69, 9.17) is 14.2 Å². The lowest BCUT2D eigenvalue weighted by atomic mass is 9.79. The van der Waals surface area contributed by atoms with Gasteiger partial charge in [0.15, 0.2) is 11.5 Å². The highest BCUT2D eigenvalue weighted by Crippen LogP contribution is 2.38. The first-order chi connectivity index (χ1) is 13.3. The average Bonchev–Trinajstić information content (AvgIpc) is 2.67. The zero-order chi connectivity index (χ0) is 20.7. The van der Waals surface area contributed by atoms with Crippen molar-refractivity contribution in [1.29, 1.82) is 0 Å². The van der Waals surface area contributed by atoms with Crippen LogP contribution in [0.3, 0.4) is 0 Å². The Morgan fingerprint density at radius 2 is 1.57 bits per heavy atom. The molecule has 5 heteroatoms. The second-order valence-corrected chi connectivity index (χ2v) is 7.63. The summed E-state index contributed by atoms with van der Waals surface area (Å²) < 4.78 is 16.0. The molecule has 1 N–H and O–H groups in total. The zero-order valence-electron chi connectivity index (χ0n) is 17.7. The van der Waals surface area contributed by atoms with Crippen molar-refractivity contribution < 1.29 is 19.0 Å².